The molecule has 2 aromatic heterocycles. The number of rotatable bonds is 5. The summed E-state index contributed by atoms with van der Waals surface area (Å²) in [5.74, 6) is 0.399. The van der Waals surface area contributed by atoms with Crippen molar-refractivity contribution in [2.75, 3.05) is 11.9 Å². The van der Waals surface area contributed by atoms with Crippen LogP contribution in [0.5, 0.6) is 0 Å². The first kappa shape index (κ1) is 14.8. The van der Waals surface area contributed by atoms with Crippen LogP contribution in [-0.4, -0.2) is 26.4 Å². The summed E-state index contributed by atoms with van der Waals surface area (Å²) in [6.45, 7) is 6.23. The Morgan fingerprint density at radius 2 is 2.05 bits per heavy atom. The maximum Gasteiger partial charge on any atom is 0.316 e. The fourth-order valence-electron chi connectivity index (χ4n) is 1.99. The third kappa shape index (κ3) is 3.31. The number of nitrogens with one attached hydrogen (secondary N) is 1. The lowest BCUT2D eigenvalue weighted by Crippen LogP contribution is -2.08. The minimum Gasteiger partial charge on any atom is -0.354 e. The lowest BCUT2D eigenvalue weighted by atomic mass is 10.1. The van der Waals surface area contributed by atoms with Gasteiger partial charge < -0.3 is 5.32 Å². The summed E-state index contributed by atoms with van der Waals surface area (Å²) < 4.78 is 0. The lowest BCUT2D eigenvalue weighted by molar-refractivity contribution is -0.385. The van der Waals surface area contributed by atoms with Gasteiger partial charge in [0, 0.05) is 24.5 Å². The highest BCUT2D eigenvalue weighted by Gasteiger charge is 2.23. The predicted molar refractivity (Wildman–Crippen MR) is 80.2 cm³/mol. The number of aromatic nitrogens is 3. The molecule has 110 valence electrons. The smallest absolute Gasteiger partial charge is 0.316 e. The summed E-state index contributed by atoms with van der Waals surface area (Å²) in [6, 6.07) is 1.82. The topological polar surface area (TPSA) is 93.8 Å². The van der Waals surface area contributed by atoms with Crippen molar-refractivity contribution in [3.8, 4) is 11.3 Å². The van der Waals surface area contributed by atoms with Crippen LogP contribution in [0.25, 0.3) is 11.3 Å². The Hall–Kier alpha value is -2.57. The molecular weight excluding hydrogens is 270 g/mol. The van der Waals surface area contributed by atoms with Crippen LogP contribution >= 0.6 is 0 Å². The number of hydrogen-bond donors (Lipinski definition) is 1. The van der Waals surface area contributed by atoms with Crippen molar-refractivity contribution in [3.05, 3.63) is 39.8 Å². The standard InChI is InChI=1S/C14H17N5O2/c1-4-5-16-14-17-10(3)13(19(20)21)12(18-14)11-6-9(2)7-15-8-11/h6-8H,4-5H2,1-3H3,(H,16,17,18). The van der Waals surface area contributed by atoms with Crippen molar-refractivity contribution in [2.45, 2.75) is 27.2 Å². The van der Waals surface area contributed by atoms with Crippen molar-refractivity contribution in [1.82, 2.24) is 15.0 Å². The molecular formula is C14H17N5O2. The van der Waals surface area contributed by atoms with Crippen LogP contribution in [0.1, 0.15) is 24.6 Å². The number of anilines is 1. The summed E-state index contributed by atoms with van der Waals surface area (Å²) in [4.78, 5) is 23.4. The summed E-state index contributed by atoms with van der Waals surface area (Å²) >= 11 is 0. The van der Waals surface area contributed by atoms with E-state index in [1.54, 1.807) is 19.3 Å². The highest BCUT2D eigenvalue weighted by atomic mass is 16.6. The Labute approximate surface area is 122 Å². The van der Waals surface area contributed by atoms with Crippen LogP contribution in [0.2, 0.25) is 0 Å². The van der Waals surface area contributed by atoms with Gasteiger partial charge in [0.05, 0.1) is 4.92 Å². The van der Waals surface area contributed by atoms with E-state index < -0.39 is 4.92 Å². The van der Waals surface area contributed by atoms with Gasteiger partial charge in [-0.05, 0) is 31.9 Å². The molecule has 2 heterocycles. The van der Waals surface area contributed by atoms with Crippen LogP contribution in [0.3, 0.4) is 0 Å². The van der Waals surface area contributed by atoms with Gasteiger partial charge in [0.1, 0.15) is 5.69 Å². The third-order valence-electron chi connectivity index (χ3n) is 2.92. The molecule has 7 nitrogen and oxygen atoms in total. The van der Waals surface area contributed by atoms with Gasteiger partial charge in [-0.1, -0.05) is 6.92 Å². The van der Waals surface area contributed by atoms with E-state index in [2.05, 4.69) is 20.3 Å². The van der Waals surface area contributed by atoms with Gasteiger partial charge in [0.25, 0.3) is 0 Å². The second-order valence-electron chi connectivity index (χ2n) is 4.76. The lowest BCUT2D eigenvalue weighted by Gasteiger charge is -2.09. The summed E-state index contributed by atoms with van der Waals surface area (Å²) in [6.07, 6.45) is 4.19. The first-order chi connectivity index (χ1) is 10.0. The van der Waals surface area contributed by atoms with Crippen LogP contribution in [-0.2, 0) is 0 Å². The minimum atomic E-state index is -0.448. The number of nitrogens with zero attached hydrogens (tertiary/aromatic N) is 4. The Morgan fingerprint density at radius 1 is 1.29 bits per heavy atom. The van der Waals surface area contributed by atoms with E-state index in [0.29, 0.717) is 29.4 Å². The number of hydrogen-bond acceptors (Lipinski definition) is 6. The molecule has 0 radical (unpaired) electrons. The number of aryl methyl sites for hydroxylation is 2. The van der Waals surface area contributed by atoms with Gasteiger partial charge >= 0.3 is 5.69 Å². The molecule has 2 aromatic rings. The maximum atomic E-state index is 11.3. The Bertz CT molecular complexity index is 672. The number of nitro groups is 1. The maximum absolute atomic E-state index is 11.3. The zero-order chi connectivity index (χ0) is 15.4. The monoisotopic (exact) mass is 287 g/mol. The quantitative estimate of drug-likeness (QED) is 0.671. The summed E-state index contributed by atoms with van der Waals surface area (Å²) in [7, 11) is 0. The Kier molecular flexibility index (Phi) is 4.42. The van der Waals surface area contributed by atoms with Crippen LogP contribution in [0.15, 0.2) is 18.5 Å². The first-order valence-electron chi connectivity index (χ1n) is 6.71. The van der Waals surface area contributed by atoms with Gasteiger partial charge in [-0.15, -0.1) is 0 Å². The van der Waals surface area contributed by atoms with Crippen LogP contribution < -0.4 is 5.32 Å². The molecule has 1 N–H and O–H groups in total. The molecule has 21 heavy (non-hydrogen) atoms. The van der Waals surface area contributed by atoms with E-state index in [4.69, 9.17) is 0 Å². The fraction of sp³-hybridized carbons (Fsp3) is 0.357. The van der Waals surface area contributed by atoms with Crippen molar-refractivity contribution >= 4 is 11.6 Å². The van der Waals surface area contributed by atoms with E-state index in [1.807, 2.05) is 19.9 Å². The molecule has 0 aliphatic carbocycles. The second kappa shape index (κ2) is 6.25. The zero-order valence-electron chi connectivity index (χ0n) is 12.3. The van der Waals surface area contributed by atoms with E-state index in [9.17, 15) is 10.1 Å². The van der Waals surface area contributed by atoms with Gasteiger partial charge in [-0.3, -0.25) is 15.1 Å². The average molecular weight is 287 g/mol. The Morgan fingerprint density at radius 3 is 2.67 bits per heavy atom. The Balaban J connectivity index is 2.59. The van der Waals surface area contributed by atoms with Crippen molar-refractivity contribution in [1.29, 1.82) is 0 Å². The molecule has 0 saturated heterocycles. The molecule has 0 bridgehead atoms. The zero-order valence-corrected chi connectivity index (χ0v) is 12.3. The molecule has 2 rings (SSSR count). The van der Waals surface area contributed by atoms with Gasteiger partial charge in [-0.25, -0.2) is 9.97 Å². The predicted octanol–water partition coefficient (Wildman–Crippen LogP) is 2.89. The third-order valence-corrected chi connectivity index (χ3v) is 2.92. The largest absolute Gasteiger partial charge is 0.354 e. The van der Waals surface area contributed by atoms with Gasteiger partial charge in [-0.2, -0.15) is 0 Å². The fourth-order valence-corrected chi connectivity index (χ4v) is 1.99. The van der Waals surface area contributed by atoms with E-state index in [-0.39, 0.29) is 5.69 Å². The second-order valence-corrected chi connectivity index (χ2v) is 4.76. The molecule has 0 fully saturated rings. The summed E-state index contributed by atoms with van der Waals surface area (Å²) in [5, 5.41) is 14.4. The number of pyridine rings is 1. The molecule has 0 aromatic carbocycles. The van der Waals surface area contributed by atoms with E-state index in [1.165, 1.54) is 0 Å². The van der Waals surface area contributed by atoms with E-state index >= 15 is 0 Å². The molecule has 0 amide bonds. The average Bonchev–Trinajstić information content (AvgIpc) is 2.44. The highest BCUT2D eigenvalue weighted by molar-refractivity contribution is 5.71. The van der Waals surface area contributed by atoms with Crippen LogP contribution in [0, 0.1) is 24.0 Å². The molecule has 0 aliphatic rings. The van der Waals surface area contributed by atoms with Gasteiger partial charge in [0.2, 0.25) is 5.95 Å². The van der Waals surface area contributed by atoms with Crippen LogP contribution in [0.4, 0.5) is 11.6 Å². The first-order valence-corrected chi connectivity index (χ1v) is 6.71. The molecule has 0 aliphatic heterocycles. The molecule has 0 saturated carbocycles. The van der Waals surface area contributed by atoms with Crippen molar-refractivity contribution in [2.24, 2.45) is 0 Å². The molecule has 0 spiro atoms. The molecule has 0 unspecified atom stereocenters. The SMILES string of the molecule is CCCNc1nc(C)c([N+](=O)[O-])c(-c2cncc(C)c2)n1. The van der Waals surface area contributed by atoms with Crippen molar-refractivity contribution < 1.29 is 4.92 Å². The van der Waals surface area contributed by atoms with Gasteiger partial charge in [0.15, 0.2) is 5.69 Å². The van der Waals surface area contributed by atoms with E-state index in [0.717, 1.165) is 12.0 Å². The van der Waals surface area contributed by atoms with Crippen molar-refractivity contribution in [3.63, 3.8) is 0 Å². The summed E-state index contributed by atoms with van der Waals surface area (Å²) in [5.41, 5.74) is 2.09. The minimum absolute atomic E-state index is 0.0792. The normalized spacial score (nSPS) is 10.4. The molecule has 0 atom stereocenters. The highest BCUT2D eigenvalue weighted by Crippen LogP contribution is 2.31. The molecule has 7 heteroatoms.